The molecule has 1 amide bonds. The number of aliphatic hydroxyl groups excluding tert-OH is 1. The lowest BCUT2D eigenvalue weighted by atomic mass is 9.95. The van der Waals surface area contributed by atoms with Crippen LogP contribution in [0.25, 0.3) is 5.76 Å². The number of amides is 1. The highest BCUT2D eigenvalue weighted by molar-refractivity contribution is 9.10. The van der Waals surface area contributed by atoms with Gasteiger partial charge < -0.3 is 19.3 Å². The third-order valence-corrected chi connectivity index (χ3v) is 6.47. The van der Waals surface area contributed by atoms with Crippen molar-refractivity contribution in [2.75, 3.05) is 25.7 Å². The van der Waals surface area contributed by atoms with Crippen molar-refractivity contribution in [3.8, 4) is 17.2 Å². The molecule has 1 unspecified atom stereocenters. The molecule has 1 heterocycles. The van der Waals surface area contributed by atoms with Crippen LogP contribution < -0.4 is 19.1 Å². The number of ketones is 1. The number of methoxy groups -OCH3 is 2. The zero-order valence-electron chi connectivity index (χ0n) is 20.2. The van der Waals surface area contributed by atoms with Gasteiger partial charge in [-0.3, -0.25) is 14.5 Å². The molecule has 3 aromatic rings. The Morgan fingerprint density at radius 2 is 1.72 bits per heavy atom. The second kappa shape index (κ2) is 10.9. The number of Topliss-reactive ketones (excluding diaryl/α,β-unsaturated/α-hetero) is 1. The second-order valence-electron chi connectivity index (χ2n) is 8.14. The van der Waals surface area contributed by atoms with Crippen molar-refractivity contribution in [1.29, 1.82) is 0 Å². The molecule has 3 aromatic carbocycles. The summed E-state index contributed by atoms with van der Waals surface area (Å²) in [5.74, 6) is -0.104. The van der Waals surface area contributed by atoms with Gasteiger partial charge in [-0.15, -0.1) is 0 Å². The van der Waals surface area contributed by atoms with Crippen LogP contribution in [-0.4, -0.2) is 37.6 Å². The van der Waals surface area contributed by atoms with Gasteiger partial charge in [-0.05, 0) is 70.4 Å². The quantitative estimate of drug-likeness (QED) is 0.214. The first-order chi connectivity index (χ1) is 17.4. The number of benzene rings is 3. The Balaban J connectivity index is 1.91. The lowest BCUT2D eigenvalue weighted by molar-refractivity contribution is -0.132. The number of nitrogens with zero attached hydrogens (tertiary/aromatic N) is 1. The predicted molar refractivity (Wildman–Crippen MR) is 141 cm³/mol. The Morgan fingerprint density at radius 1 is 0.972 bits per heavy atom. The number of rotatable bonds is 8. The maximum atomic E-state index is 13.4. The average Bonchev–Trinajstić information content (AvgIpc) is 3.17. The first-order valence-electron chi connectivity index (χ1n) is 11.4. The van der Waals surface area contributed by atoms with Crippen molar-refractivity contribution in [3.63, 3.8) is 0 Å². The molecule has 36 heavy (non-hydrogen) atoms. The number of halogens is 1. The molecule has 1 atom stereocenters. The summed E-state index contributed by atoms with van der Waals surface area (Å²) in [6.45, 7) is 2.52. The van der Waals surface area contributed by atoms with E-state index in [9.17, 15) is 14.7 Å². The average molecular weight is 552 g/mol. The van der Waals surface area contributed by atoms with E-state index in [0.717, 1.165) is 6.42 Å². The summed E-state index contributed by atoms with van der Waals surface area (Å²) in [5.41, 5.74) is 1.44. The Hall–Kier alpha value is -3.78. The molecule has 4 rings (SSSR count). The van der Waals surface area contributed by atoms with Gasteiger partial charge in [0.25, 0.3) is 11.7 Å². The van der Waals surface area contributed by atoms with Crippen LogP contribution in [0.4, 0.5) is 5.69 Å². The molecule has 0 aromatic heterocycles. The summed E-state index contributed by atoms with van der Waals surface area (Å²) in [6.07, 6.45) is 0.829. The first kappa shape index (κ1) is 25.3. The molecular formula is C28H26BrNO6. The lowest BCUT2D eigenvalue weighted by Crippen LogP contribution is -2.29. The molecule has 0 saturated carbocycles. The van der Waals surface area contributed by atoms with Gasteiger partial charge in [0, 0.05) is 17.3 Å². The minimum Gasteiger partial charge on any atom is -0.507 e. The molecule has 0 aliphatic carbocycles. The van der Waals surface area contributed by atoms with E-state index in [1.807, 2.05) is 6.92 Å². The summed E-state index contributed by atoms with van der Waals surface area (Å²) in [4.78, 5) is 28.2. The van der Waals surface area contributed by atoms with E-state index in [0.29, 0.717) is 45.1 Å². The molecule has 1 fully saturated rings. The predicted octanol–water partition coefficient (Wildman–Crippen LogP) is 5.88. The number of carbonyl (C=O) groups is 2. The topological polar surface area (TPSA) is 85.3 Å². The summed E-state index contributed by atoms with van der Waals surface area (Å²) < 4.78 is 17.0. The van der Waals surface area contributed by atoms with E-state index in [1.165, 1.54) is 12.0 Å². The minimum absolute atomic E-state index is 0.0230. The summed E-state index contributed by atoms with van der Waals surface area (Å²) >= 11 is 3.42. The number of aliphatic hydroxyl groups is 1. The summed E-state index contributed by atoms with van der Waals surface area (Å²) in [6, 6.07) is 18.2. The van der Waals surface area contributed by atoms with Crippen molar-refractivity contribution < 1.29 is 28.9 Å². The Morgan fingerprint density at radius 3 is 2.42 bits per heavy atom. The molecule has 1 saturated heterocycles. The maximum Gasteiger partial charge on any atom is 0.300 e. The van der Waals surface area contributed by atoms with E-state index in [-0.39, 0.29) is 11.3 Å². The third-order valence-electron chi connectivity index (χ3n) is 5.85. The van der Waals surface area contributed by atoms with Gasteiger partial charge >= 0.3 is 0 Å². The van der Waals surface area contributed by atoms with Gasteiger partial charge in [0.15, 0.2) is 0 Å². The fourth-order valence-electron chi connectivity index (χ4n) is 4.14. The number of hydrogen-bond donors (Lipinski definition) is 1. The molecule has 7 nitrogen and oxygen atoms in total. The molecule has 1 aliphatic heterocycles. The molecule has 0 spiro atoms. The van der Waals surface area contributed by atoms with Gasteiger partial charge in [0.2, 0.25) is 0 Å². The number of hydrogen-bond acceptors (Lipinski definition) is 6. The normalized spacial score (nSPS) is 16.8. The highest BCUT2D eigenvalue weighted by atomic mass is 79.9. The summed E-state index contributed by atoms with van der Waals surface area (Å²) in [5, 5.41) is 11.4. The zero-order chi connectivity index (χ0) is 25.8. The van der Waals surface area contributed by atoms with Crippen molar-refractivity contribution in [2.24, 2.45) is 0 Å². The Kier molecular flexibility index (Phi) is 7.64. The SMILES string of the molecule is CCCOc1cccc(N2C(=O)C(=O)/C(=C(/O)c3ccc(OC)c(Br)c3)C2c2cccc(OC)c2)c1. The standard InChI is InChI=1S/C28H26BrNO6/c1-4-13-36-21-10-6-8-19(16-21)30-25(17-7-5-9-20(14-17)34-2)24(27(32)28(30)33)26(31)18-11-12-23(35-3)22(29)15-18/h5-12,14-16,25,31H,4,13H2,1-3H3/b26-24+. The monoisotopic (exact) mass is 551 g/mol. The van der Waals surface area contributed by atoms with Crippen LogP contribution in [0.2, 0.25) is 0 Å². The minimum atomic E-state index is -0.887. The van der Waals surface area contributed by atoms with Crippen molar-refractivity contribution in [2.45, 2.75) is 19.4 Å². The van der Waals surface area contributed by atoms with Crippen LogP contribution in [0.15, 0.2) is 76.8 Å². The maximum absolute atomic E-state index is 13.4. The van der Waals surface area contributed by atoms with E-state index in [4.69, 9.17) is 14.2 Å². The smallest absolute Gasteiger partial charge is 0.300 e. The summed E-state index contributed by atoms with van der Waals surface area (Å²) in [7, 11) is 3.08. The van der Waals surface area contributed by atoms with Crippen LogP contribution in [0.1, 0.15) is 30.5 Å². The Labute approximate surface area is 218 Å². The Bertz CT molecular complexity index is 1340. The second-order valence-corrected chi connectivity index (χ2v) is 9.00. The van der Waals surface area contributed by atoms with Crippen molar-refractivity contribution in [3.05, 3.63) is 87.9 Å². The first-order valence-corrected chi connectivity index (χ1v) is 12.2. The van der Waals surface area contributed by atoms with E-state index >= 15 is 0 Å². The molecule has 1 N–H and O–H groups in total. The van der Waals surface area contributed by atoms with Gasteiger partial charge in [0.05, 0.1) is 36.9 Å². The zero-order valence-corrected chi connectivity index (χ0v) is 21.7. The van der Waals surface area contributed by atoms with Crippen LogP contribution >= 0.6 is 15.9 Å². The van der Waals surface area contributed by atoms with Crippen LogP contribution in [0.5, 0.6) is 17.2 Å². The molecule has 0 bridgehead atoms. The highest BCUT2D eigenvalue weighted by Crippen LogP contribution is 2.44. The van der Waals surface area contributed by atoms with Gasteiger partial charge in [0.1, 0.15) is 23.0 Å². The molecule has 0 radical (unpaired) electrons. The fourth-order valence-corrected chi connectivity index (χ4v) is 4.68. The van der Waals surface area contributed by atoms with Crippen molar-refractivity contribution >= 4 is 39.1 Å². The lowest BCUT2D eigenvalue weighted by Gasteiger charge is -2.26. The van der Waals surface area contributed by atoms with Gasteiger partial charge in [-0.2, -0.15) is 0 Å². The third kappa shape index (κ3) is 4.81. The molecule has 8 heteroatoms. The molecule has 1 aliphatic rings. The molecule has 186 valence electrons. The number of ether oxygens (including phenoxy) is 3. The van der Waals surface area contributed by atoms with E-state index < -0.39 is 17.7 Å². The number of carbonyl (C=O) groups excluding carboxylic acids is 2. The fraction of sp³-hybridized carbons (Fsp3) is 0.214. The van der Waals surface area contributed by atoms with Gasteiger partial charge in [-0.1, -0.05) is 25.1 Å². The number of anilines is 1. The van der Waals surface area contributed by atoms with Crippen LogP contribution in [0, 0.1) is 0 Å². The van der Waals surface area contributed by atoms with E-state index in [1.54, 1.807) is 73.8 Å². The van der Waals surface area contributed by atoms with Gasteiger partial charge in [-0.25, -0.2) is 0 Å². The molecular weight excluding hydrogens is 526 g/mol. The van der Waals surface area contributed by atoms with Crippen molar-refractivity contribution in [1.82, 2.24) is 0 Å². The van der Waals surface area contributed by atoms with E-state index in [2.05, 4.69) is 15.9 Å². The van der Waals surface area contributed by atoms with Crippen LogP contribution in [-0.2, 0) is 9.59 Å². The van der Waals surface area contributed by atoms with Crippen LogP contribution in [0.3, 0.4) is 0 Å². The highest BCUT2D eigenvalue weighted by Gasteiger charge is 2.47. The largest absolute Gasteiger partial charge is 0.507 e.